The second-order valence-electron chi connectivity index (χ2n) is 5.69. The van der Waals surface area contributed by atoms with Crippen LogP contribution in [-0.2, 0) is 6.54 Å². The van der Waals surface area contributed by atoms with E-state index in [1.54, 1.807) is 0 Å². The Hall–Kier alpha value is -1.43. The molecule has 0 saturated heterocycles. The van der Waals surface area contributed by atoms with E-state index in [0.29, 0.717) is 10.7 Å². The lowest BCUT2D eigenvalue weighted by Gasteiger charge is -2.11. The average Bonchev–Trinajstić information content (AvgIpc) is 3.26. The van der Waals surface area contributed by atoms with Crippen molar-refractivity contribution in [2.24, 2.45) is 0 Å². The van der Waals surface area contributed by atoms with Crippen LogP contribution in [0.5, 0.6) is 0 Å². The monoisotopic (exact) mass is 305 g/mol. The van der Waals surface area contributed by atoms with Gasteiger partial charge in [-0.1, -0.05) is 19.8 Å². The molecule has 1 saturated carbocycles. The normalized spacial score (nSPS) is 14.8. The van der Waals surface area contributed by atoms with Gasteiger partial charge in [0, 0.05) is 19.0 Å². The minimum absolute atomic E-state index is 0.593. The van der Waals surface area contributed by atoms with E-state index in [4.69, 9.17) is 17.2 Å². The lowest BCUT2D eigenvalue weighted by atomic mass is 10.2. The van der Waals surface area contributed by atoms with Gasteiger partial charge < -0.3 is 9.99 Å². The van der Waals surface area contributed by atoms with Gasteiger partial charge in [-0.3, -0.25) is 0 Å². The summed E-state index contributed by atoms with van der Waals surface area (Å²) < 4.78 is 4.78. The summed E-state index contributed by atoms with van der Waals surface area (Å²) >= 11 is 5.32. The number of hydrogen-bond acceptors (Lipinski definition) is 4. The molecule has 2 aromatic rings. The summed E-state index contributed by atoms with van der Waals surface area (Å²) in [5, 5.41) is 0. The number of fused-ring (bicyclic) bond motifs is 1. The van der Waals surface area contributed by atoms with E-state index >= 15 is 0 Å². The van der Waals surface area contributed by atoms with Crippen LogP contribution in [0.2, 0.25) is 0 Å². The van der Waals surface area contributed by atoms with E-state index in [9.17, 15) is 0 Å². The van der Waals surface area contributed by atoms with Crippen molar-refractivity contribution in [3.8, 4) is 0 Å². The molecule has 6 heteroatoms. The smallest absolute Gasteiger partial charge is 0.201 e. The van der Waals surface area contributed by atoms with E-state index in [1.165, 1.54) is 32.1 Å². The van der Waals surface area contributed by atoms with Gasteiger partial charge in [0.25, 0.3) is 0 Å². The van der Waals surface area contributed by atoms with Crippen LogP contribution < -0.4 is 5.43 Å². The predicted molar refractivity (Wildman–Crippen MR) is 87.8 cm³/mol. The number of nitrogens with zero attached hydrogens (tertiary/aromatic N) is 4. The Kier molecular flexibility index (Phi) is 4.24. The zero-order valence-corrected chi connectivity index (χ0v) is 13.6. The molecule has 2 heterocycles. The van der Waals surface area contributed by atoms with Crippen molar-refractivity contribution in [3.63, 3.8) is 0 Å². The molecule has 1 N–H and O–H groups in total. The first kappa shape index (κ1) is 14.5. The third-order valence-corrected chi connectivity index (χ3v) is 4.34. The van der Waals surface area contributed by atoms with E-state index in [2.05, 4.69) is 28.9 Å². The lowest BCUT2D eigenvalue weighted by Crippen LogP contribution is -2.18. The van der Waals surface area contributed by atoms with Crippen molar-refractivity contribution in [2.75, 3.05) is 12.0 Å². The van der Waals surface area contributed by atoms with Crippen LogP contribution in [-0.4, -0.2) is 25.8 Å². The third-order valence-electron chi connectivity index (χ3n) is 4.01. The fourth-order valence-corrected chi connectivity index (χ4v) is 2.93. The number of aryl methyl sites for hydroxylation is 1. The van der Waals surface area contributed by atoms with Gasteiger partial charge >= 0.3 is 0 Å². The van der Waals surface area contributed by atoms with Crippen LogP contribution in [0.4, 0.5) is 0 Å². The van der Waals surface area contributed by atoms with Crippen LogP contribution in [0.15, 0.2) is 6.20 Å². The Morgan fingerprint density at radius 2 is 2.14 bits per heavy atom. The summed E-state index contributed by atoms with van der Waals surface area (Å²) in [4.78, 5) is 9.22. The van der Waals surface area contributed by atoms with Crippen molar-refractivity contribution < 1.29 is 0 Å². The molecule has 0 aromatic carbocycles. The van der Waals surface area contributed by atoms with Gasteiger partial charge in [-0.05, 0) is 38.4 Å². The minimum Gasteiger partial charge on any atom is -0.324 e. The number of hydrogen-bond donors (Lipinski definition) is 1. The molecule has 114 valence electrons. The highest BCUT2D eigenvalue weighted by Gasteiger charge is 2.30. The van der Waals surface area contributed by atoms with Crippen molar-refractivity contribution in [3.05, 3.63) is 16.8 Å². The van der Waals surface area contributed by atoms with Crippen LogP contribution >= 0.6 is 12.2 Å². The topological polar surface area (TPSA) is 47.7 Å². The van der Waals surface area contributed by atoms with Crippen LogP contribution in [0.3, 0.4) is 0 Å². The summed E-state index contributed by atoms with van der Waals surface area (Å²) in [6.07, 6.45) is 8.00. The largest absolute Gasteiger partial charge is 0.324 e. The van der Waals surface area contributed by atoms with Crippen LogP contribution in [0, 0.1) is 4.77 Å². The fraction of sp³-hybridized carbons (Fsp3) is 0.667. The van der Waals surface area contributed by atoms with E-state index < -0.39 is 0 Å². The molecule has 0 spiro atoms. The van der Waals surface area contributed by atoms with Gasteiger partial charge in [-0.15, -0.1) is 0 Å². The maximum atomic E-state index is 5.32. The molecule has 0 radical (unpaired) electrons. The van der Waals surface area contributed by atoms with Gasteiger partial charge in [-0.2, -0.15) is 0 Å². The fourth-order valence-electron chi connectivity index (χ4n) is 2.66. The Morgan fingerprint density at radius 3 is 2.81 bits per heavy atom. The van der Waals surface area contributed by atoms with Gasteiger partial charge in [0.05, 0.1) is 6.20 Å². The summed E-state index contributed by atoms with van der Waals surface area (Å²) in [5.74, 6) is 1.74. The van der Waals surface area contributed by atoms with E-state index in [0.717, 1.165) is 30.1 Å². The third kappa shape index (κ3) is 2.81. The molecular formula is C15H23N5S. The van der Waals surface area contributed by atoms with Gasteiger partial charge in [0.2, 0.25) is 4.77 Å². The van der Waals surface area contributed by atoms with Gasteiger partial charge in [0.15, 0.2) is 5.65 Å². The minimum atomic E-state index is 0.593. The van der Waals surface area contributed by atoms with Crippen molar-refractivity contribution in [1.82, 2.24) is 19.2 Å². The Morgan fingerprint density at radius 1 is 1.33 bits per heavy atom. The number of rotatable bonds is 7. The molecule has 1 aliphatic carbocycles. The second kappa shape index (κ2) is 6.13. The molecule has 0 amide bonds. The molecule has 5 nitrogen and oxygen atoms in total. The summed E-state index contributed by atoms with van der Waals surface area (Å²) in [7, 11) is 0. The highest BCUT2D eigenvalue weighted by Crippen LogP contribution is 2.40. The molecule has 1 fully saturated rings. The highest BCUT2D eigenvalue weighted by atomic mass is 32.1. The Bertz CT molecular complexity index is 683. The predicted octanol–water partition coefficient (Wildman–Crippen LogP) is 3.59. The number of imidazole rings is 1. The molecule has 3 rings (SSSR count). The maximum Gasteiger partial charge on any atom is 0.201 e. The van der Waals surface area contributed by atoms with Gasteiger partial charge in [-0.25, -0.2) is 14.6 Å². The zero-order chi connectivity index (χ0) is 14.8. The second-order valence-corrected chi connectivity index (χ2v) is 6.05. The zero-order valence-electron chi connectivity index (χ0n) is 12.8. The molecular weight excluding hydrogens is 282 g/mol. The van der Waals surface area contributed by atoms with E-state index in [-0.39, 0.29) is 0 Å². The SMILES string of the molecule is CCCCCNn1c(C2CC2)nc2c1cnc(=S)n2CC. The summed E-state index contributed by atoms with van der Waals surface area (Å²) in [6.45, 7) is 6.09. The van der Waals surface area contributed by atoms with Crippen LogP contribution in [0.25, 0.3) is 11.2 Å². The highest BCUT2D eigenvalue weighted by molar-refractivity contribution is 7.71. The maximum absolute atomic E-state index is 5.32. The summed E-state index contributed by atoms with van der Waals surface area (Å²) in [5.41, 5.74) is 5.54. The molecule has 1 aliphatic rings. The molecule has 21 heavy (non-hydrogen) atoms. The van der Waals surface area contributed by atoms with E-state index in [1.807, 2.05) is 10.8 Å². The number of aromatic nitrogens is 4. The first-order chi connectivity index (χ1) is 10.3. The van der Waals surface area contributed by atoms with Crippen molar-refractivity contribution >= 4 is 23.4 Å². The first-order valence-electron chi connectivity index (χ1n) is 7.98. The molecule has 0 aliphatic heterocycles. The Balaban J connectivity index is 1.99. The first-order valence-corrected chi connectivity index (χ1v) is 8.39. The molecule has 0 unspecified atom stereocenters. The Labute approximate surface area is 130 Å². The quantitative estimate of drug-likeness (QED) is 0.627. The average molecular weight is 305 g/mol. The summed E-state index contributed by atoms with van der Waals surface area (Å²) in [6, 6.07) is 0. The standard InChI is InChI=1S/C15H23N5S/c1-3-5-6-9-17-20-12-10-16-15(21)19(4-2)14(12)18-13(20)11-7-8-11/h10-11,17H,3-9H2,1-2H3. The molecule has 2 aromatic heterocycles. The molecule has 0 atom stereocenters. The van der Waals surface area contributed by atoms with Gasteiger partial charge in [0.1, 0.15) is 11.3 Å². The van der Waals surface area contributed by atoms with Crippen molar-refractivity contribution in [2.45, 2.75) is 58.4 Å². The lowest BCUT2D eigenvalue weighted by molar-refractivity contribution is 0.692. The number of unbranched alkanes of at least 4 members (excludes halogenated alkanes) is 2. The van der Waals surface area contributed by atoms with Crippen molar-refractivity contribution in [1.29, 1.82) is 0 Å². The number of nitrogens with one attached hydrogen (secondary N) is 1. The van der Waals surface area contributed by atoms with Crippen LogP contribution in [0.1, 0.15) is 57.7 Å². The molecule has 0 bridgehead atoms.